The molecule has 0 aliphatic heterocycles. The maximum atomic E-state index is 14.5. The highest BCUT2D eigenvalue weighted by Gasteiger charge is 2.19. The number of carbonyl (C=O) groups is 1. The maximum absolute atomic E-state index is 14.5. The molecule has 1 atom stereocenters. The molecular weight excluding hydrogens is 379 g/mol. The fraction of sp³-hybridized carbons (Fsp3) is 0.316. The van der Waals surface area contributed by atoms with Crippen molar-refractivity contribution in [3.8, 4) is 0 Å². The van der Waals surface area contributed by atoms with Crippen LogP contribution in [0.2, 0.25) is 0 Å². The Balaban J connectivity index is 1.94. The lowest BCUT2D eigenvalue weighted by molar-refractivity contribution is 0.100. The number of anilines is 3. The number of nitrogens with zero attached hydrogens (tertiary/aromatic N) is 2. The predicted octanol–water partition coefficient (Wildman–Crippen LogP) is 3.46. The molecule has 3 aromatic rings. The first kappa shape index (κ1) is 20.0. The summed E-state index contributed by atoms with van der Waals surface area (Å²) >= 11 is 1.53. The van der Waals surface area contributed by atoms with Crippen molar-refractivity contribution in [1.29, 1.82) is 0 Å². The number of thiazole rings is 1. The average molecular weight is 402 g/mol. The number of benzene rings is 1. The summed E-state index contributed by atoms with van der Waals surface area (Å²) in [4.78, 5) is 20.3. The number of carbonyl (C=O) groups excluding carboxylic acids is 1. The van der Waals surface area contributed by atoms with Gasteiger partial charge in [0.05, 0.1) is 21.3 Å². The van der Waals surface area contributed by atoms with Crippen LogP contribution in [0.3, 0.4) is 0 Å². The molecule has 0 spiro atoms. The van der Waals surface area contributed by atoms with Gasteiger partial charge in [0.15, 0.2) is 11.6 Å². The van der Waals surface area contributed by atoms with Gasteiger partial charge >= 0.3 is 0 Å². The summed E-state index contributed by atoms with van der Waals surface area (Å²) in [5.41, 5.74) is 14.4. The van der Waals surface area contributed by atoms with Crippen molar-refractivity contribution in [3.05, 3.63) is 41.2 Å². The molecule has 0 fully saturated rings. The lowest BCUT2D eigenvalue weighted by Crippen LogP contribution is -2.31. The number of rotatable bonds is 8. The third-order valence-electron chi connectivity index (χ3n) is 4.22. The molecule has 7 nitrogen and oxygen atoms in total. The molecule has 0 aliphatic carbocycles. The summed E-state index contributed by atoms with van der Waals surface area (Å²) < 4.78 is 15.6. The van der Waals surface area contributed by atoms with Crippen molar-refractivity contribution in [2.75, 3.05) is 17.2 Å². The van der Waals surface area contributed by atoms with Crippen molar-refractivity contribution in [1.82, 2.24) is 9.97 Å². The van der Waals surface area contributed by atoms with Crippen molar-refractivity contribution < 1.29 is 9.18 Å². The molecule has 0 saturated heterocycles. The minimum Gasteiger partial charge on any atom is -0.365 e. The van der Waals surface area contributed by atoms with Gasteiger partial charge in [-0.2, -0.15) is 0 Å². The largest absolute Gasteiger partial charge is 0.365 e. The molecule has 1 unspecified atom stereocenters. The van der Waals surface area contributed by atoms with Gasteiger partial charge in [-0.3, -0.25) is 4.79 Å². The second-order valence-electron chi connectivity index (χ2n) is 6.95. The molecule has 1 amide bonds. The third-order valence-corrected chi connectivity index (χ3v) is 5.03. The first-order chi connectivity index (χ1) is 13.4. The first-order valence-corrected chi connectivity index (χ1v) is 9.82. The maximum Gasteiger partial charge on any atom is 0.252 e. The molecule has 28 heavy (non-hydrogen) atoms. The molecule has 0 radical (unpaired) electrons. The van der Waals surface area contributed by atoms with Gasteiger partial charge in [0.1, 0.15) is 5.82 Å². The highest BCUT2D eigenvalue weighted by molar-refractivity contribution is 7.16. The van der Waals surface area contributed by atoms with Crippen LogP contribution in [0.5, 0.6) is 0 Å². The molecule has 1 aromatic carbocycles. The van der Waals surface area contributed by atoms with Crippen LogP contribution >= 0.6 is 11.3 Å². The summed E-state index contributed by atoms with van der Waals surface area (Å²) in [5, 5.41) is 6.08. The minimum atomic E-state index is -0.771. The van der Waals surface area contributed by atoms with Crippen LogP contribution in [-0.2, 0) is 0 Å². The van der Waals surface area contributed by atoms with Gasteiger partial charge in [-0.1, -0.05) is 13.8 Å². The normalized spacial score (nSPS) is 12.3. The first-order valence-electron chi connectivity index (χ1n) is 8.94. The van der Waals surface area contributed by atoms with E-state index in [1.54, 1.807) is 5.51 Å². The summed E-state index contributed by atoms with van der Waals surface area (Å²) in [6.07, 6.45) is 0.762. The van der Waals surface area contributed by atoms with Crippen molar-refractivity contribution in [2.45, 2.75) is 26.3 Å². The van der Waals surface area contributed by atoms with Crippen molar-refractivity contribution in [3.63, 3.8) is 0 Å². The second-order valence-corrected chi connectivity index (χ2v) is 7.83. The molecule has 0 saturated carbocycles. The molecule has 9 heteroatoms. The molecule has 2 aromatic heterocycles. The van der Waals surface area contributed by atoms with Gasteiger partial charge in [-0.25, -0.2) is 14.4 Å². The fourth-order valence-electron chi connectivity index (χ4n) is 2.92. The Morgan fingerprint density at radius 1 is 1.29 bits per heavy atom. The SMILES string of the molecule is CC(C)CC(CN)Nc1nc(Nc2ccc3scnc3c2)c(C(N)=O)cc1F. The average Bonchev–Trinajstić information content (AvgIpc) is 3.10. The van der Waals surface area contributed by atoms with Gasteiger partial charge in [0.25, 0.3) is 5.91 Å². The molecular formula is C19H23FN6OS. The van der Waals surface area contributed by atoms with Crippen LogP contribution < -0.4 is 22.1 Å². The van der Waals surface area contributed by atoms with E-state index in [1.807, 2.05) is 18.2 Å². The Kier molecular flexibility index (Phi) is 6.05. The lowest BCUT2D eigenvalue weighted by atomic mass is 10.0. The highest BCUT2D eigenvalue weighted by atomic mass is 32.1. The van der Waals surface area contributed by atoms with Crippen LogP contribution in [0.15, 0.2) is 29.8 Å². The van der Waals surface area contributed by atoms with Crippen molar-refractivity contribution >= 4 is 44.8 Å². The lowest BCUT2D eigenvalue weighted by Gasteiger charge is -2.21. The zero-order valence-electron chi connectivity index (χ0n) is 15.7. The van der Waals surface area contributed by atoms with Gasteiger partial charge < -0.3 is 22.1 Å². The molecule has 0 bridgehead atoms. The van der Waals surface area contributed by atoms with Gasteiger partial charge in [-0.15, -0.1) is 11.3 Å². The number of aromatic nitrogens is 2. The third kappa shape index (κ3) is 4.55. The molecule has 6 N–H and O–H groups in total. The zero-order chi connectivity index (χ0) is 20.3. The van der Waals surface area contributed by atoms with Crippen molar-refractivity contribution in [2.24, 2.45) is 17.4 Å². The Bertz CT molecular complexity index is 990. The Labute approximate surface area is 166 Å². The summed E-state index contributed by atoms with van der Waals surface area (Å²) in [7, 11) is 0. The molecule has 3 rings (SSSR count). The standard InChI is InChI=1S/C19H23FN6OS/c1-10(2)5-12(8-21)25-19-14(20)7-13(17(22)27)18(26-19)24-11-3-4-16-15(6-11)23-9-28-16/h3-4,6-7,9-10,12H,5,8,21H2,1-2H3,(H2,22,27)(H2,24,25,26). The number of pyridine rings is 1. The van der Waals surface area contributed by atoms with E-state index in [-0.39, 0.29) is 23.2 Å². The number of fused-ring (bicyclic) bond motifs is 1. The van der Waals surface area contributed by atoms with Gasteiger partial charge in [0, 0.05) is 18.3 Å². The number of hydrogen-bond acceptors (Lipinski definition) is 7. The number of primary amides is 1. The molecule has 0 aliphatic rings. The Morgan fingerprint density at radius 3 is 2.75 bits per heavy atom. The Morgan fingerprint density at radius 2 is 2.07 bits per heavy atom. The summed E-state index contributed by atoms with van der Waals surface area (Å²) in [6.45, 7) is 4.46. The summed E-state index contributed by atoms with van der Waals surface area (Å²) in [5.74, 6) is -0.842. The zero-order valence-corrected chi connectivity index (χ0v) is 16.5. The van der Waals surface area contributed by atoms with E-state index in [9.17, 15) is 9.18 Å². The number of halogens is 1. The monoisotopic (exact) mass is 402 g/mol. The van der Waals surface area contributed by atoms with E-state index in [0.717, 1.165) is 22.7 Å². The number of nitrogens with two attached hydrogens (primary N) is 2. The second kappa shape index (κ2) is 8.49. The highest BCUT2D eigenvalue weighted by Crippen LogP contribution is 2.27. The van der Waals surface area contributed by atoms with E-state index in [1.165, 1.54) is 11.3 Å². The van der Waals surface area contributed by atoms with Crippen LogP contribution in [0.1, 0.15) is 30.6 Å². The minimum absolute atomic E-state index is 0.0262. The van der Waals surface area contributed by atoms with E-state index in [0.29, 0.717) is 18.2 Å². The van der Waals surface area contributed by atoms with E-state index >= 15 is 0 Å². The Hall–Kier alpha value is -2.78. The van der Waals surface area contributed by atoms with Gasteiger partial charge in [0.2, 0.25) is 0 Å². The van der Waals surface area contributed by atoms with Crippen LogP contribution in [0.4, 0.5) is 21.7 Å². The smallest absolute Gasteiger partial charge is 0.252 e. The van der Waals surface area contributed by atoms with Crippen LogP contribution in [0, 0.1) is 11.7 Å². The number of nitrogens with one attached hydrogen (secondary N) is 2. The van der Waals surface area contributed by atoms with Crippen LogP contribution in [-0.4, -0.2) is 28.5 Å². The number of amides is 1. The quantitative estimate of drug-likeness (QED) is 0.458. The van der Waals surface area contributed by atoms with E-state index in [2.05, 4.69) is 34.4 Å². The predicted molar refractivity (Wildman–Crippen MR) is 112 cm³/mol. The van der Waals surface area contributed by atoms with E-state index in [4.69, 9.17) is 11.5 Å². The van der Waals surface area contributed by atoms with Gasteiger partial charge in [-0.05, 0) is 36.6 Å². The molecule has 148 valence electrons. The fourth-order valence-corrected chi connectivity index (χ4v) is 3.58. The van der Waals surface area contributed by atoms with Crippen LogP contribution in [0.25, 0.3) is 10.2 Å². The summed E-state index contributed by atoms with van der Waals surface area (Å²) in [6, 6.07) is 6.53. The topological polar surface area (TPSA) is 119 Å². The number of hydrogen-bond donors (Lipinski definition) is 4. The molecule has 2 heterocycles. The van der Waals surface area contributed by atoms with E-state index < -0.39 is 11.7 Å².